The van der Waals surface area contributed by atoms with Crippen molar-refractivity contribution in [2.75, 3.05) is 6.61 Å². The Morgan fingerprint density at radius 3 is 2.91 bits per heavy atom. The van der Waals surface area contributed by atoms with Crippen molar-refractivity contribution in [3.63, 3.8) is 0 Å². The van der Waals surface area contributed by atoms with Crippen LogP contribution in [-0.4, -0.2) is 12.6 Å². The Morgan fingerprint density at radius 2 is 2.18 bits per heavy atom. The van der Waals surface area contributed by atoms with E-state index in [1.165, 1.54) is 12.8 Å². The van der Waals surface area contributed by atoms with Gasteiger partial charge in [-0.3, -0.25) is 4.79 Å². The summed E-state index contributed by atoms with van der Waals surface area (Å²) in [4.78, 5) is 11.3. The lowest BCUT2D eigenvalue weighted by Crippen LogP contribution is -2.31. The van der Waals surface area contributed by atoms with Crippen LogP contribution >= 0.6 is 0 Å². The highest BCUT2D eigenvalue weighted by Gasteiger charge is 2.41. The van der Waals surface area contributed by atoms with Crippen molar-refractivity contribution in [3.05, 3.63) is 0 Å². The predicted octanol–water partition coefficient (Wildman–Crippen LogP) is 1.60. The summed E-state index contributed by atoms with van der Waals surface area (Å²) >= 11 is 0. The van der Waals surface area contributed by atoms with Gasteiger partial charge in [0.2, 0.25) is 0 Å². The molecule has 0 aromatic rings. The van der Waals surface area contributed by atoms with Crippen LogP contribution in [0.3, 0.4) is 0 Å². The van der Waals surface area contributed by atoms with Crippen LogP contribution < -0.4 is 0 Å². The van der Waals surface area contributed by atoms with Crippen molar-refractivity contribution >= 4 is 5.97 Å². The molecule has 1 unspecified atom stereocenters. The summed E-state index contributed by atoms with van der Waals surface area (Å²) in [5.74, 6) is 1.51. The van der Waals surface area contributed by atoms with Gasteiger partial charge in [0.15, 0.2) is 0 Å². The van der Waals surface area contributed by atoms with Crippen LogP contribution in [0.4, 0.5) is 0 Å². The topological polar surface area (TPSA) is 26.3 Å². The molecule has 2 rings (SSSR count). The molecule has 11 heavy (non-hydrogen) atoms. The number of cyclic esters (lactones) is 1. The third-order valence-corrected chi connectivity index (χ3v) is 3.12. The Bertz CT molecular complexity index is 174. The van der Waals surface area contributed by atoms with Crippen molar-refractivity contribution < 1.29 is 9.53 Å². The quantitative estimate of drug-likeness (QED) is 0.495. The number of rotatable bonds is 0. The van der Waals surface area contributed by atoms with Gasteiger partial charge in [-0.2, -0.15) is 0 Å². The molecule has 2 nitrogen and oxygen atoms in total. The molecule has 1 heterocycles. The van der Waals surface area contributed by atoms with E-state index in [1.54, 1.807) is 0 Å². The molecular formula is C9H14O2. The monoisotopic (exact) mass is 154 g/mol. The van der Waals surface area contributed by atoms with Gasteiger partial charge in [-0.05, 0) is 31.1 Å². The molecule has 3 atom stereocenters. The van der Waals surface area contributed by atoms with Crippen LogP contribution in [0.5, 0.6) is 0 Å². The Morgan fingerprint density at radius 1 is 1.36 bits per heavy atom. The van der Waals surface area contributed by atoms with Crippen LogP contribution in [0.1, 0.15) is 26.2 Å². The molecule has 2 fully saturated rings. The van der Waals surface area contributed by atoms with Gasteiger partial charge in [0.1, 0.15) is 0 Å². The number of fused-ring (bicyclic) bond motifs is 1. The second-order valence-electron chi connectivity index (χ2n) is 3.80. The van der Waals surface area contributed by atoms with Crippen molar-refractivity contribution in [2.24, 2.45) is 17.8 Å². The van der Waals surface area contributed by atoms with E-state index in [1.807, 2.05) is 0 Å². The first kappa shape index (κ1) is 7.14. The summed E-state index contributed by atoms with van der Waals surface area (Å²) in [7, 11) is 0. The summed E-state index contributed by atoms with van der Waals surface area (Å²) < 4.78 is 5.02. The fourth-order valence-corrected chi connectivity index (χ4v) is 2.46. The Kier molecular flexibility index (Phi) is 1.63. The standard InChI is InChI=1S/C9H14O2/c1-6-2-3-7-4-5-11-9(10)8(6)7/h6-8H,2-5H2,1H3/t6-,7?,8-/m0/s1. The van der Waals surface area contributed by atoms with Crippen LogP contribution in [0, 0.1) is 17.8 Å². The van der Waals surface area contributed by atoms with Gasteiger partial charge in [-0.25, -0.2) is 0 Å². The normalized spacial score (nSPS) is 43.4. The van der Waals surface area contributed by atoms with E-state index in [2.05, 4.69) is 6.92 Å². The van der Waals surface area contributed by atoms with Crippen LogP contribution in [0.25, 0.3) is 0 Å². The zero-order chi connectivity index (χ0) is 7.84. The van der Waals surface area contributed by atoms with E-state index in [9.17, 15) is 4.79 Å². The number of ether oxygens (including phenoxy) is 1. The lowest BCUT2D eigenvalue weighted by molar-refractivity contribution is -0.156. The van der Waals surface area contributed by atoms with E-state index in [4.69, 9.17) is 4.74 Å². The second-order valence-corrected chi connectivity index (χ2v) is 3.80. The number of hydrogen-bond donors (Lipinski definition) is 0. The molecule has 0 N–H and O–H groups in total. The highest BCUT2D eigenvalue weighted by atomic mass is 16.5. The SMILES string of the molecule is C[C@H]1CCC2CCOC(=O)[C@H]21. The summed E-state index contributed by atoms with van der Waals surface area (Å²) in [6.45, 7) is 2.82. The third-order valence-electron chi connectivity index (χ3n) is 3.12. The largest absolute Gasteiger partial charge is 0.465 e. The Hall–Kier alpha value is -0.530. The van der Waals surface area contributed by atoms with Crippen LogP contribution in [0.15, 0.2) is 0 Å². The van der Waals surface area contributed by atoms with Crippen LogP contribution in [-0.2, 0) is 9.53 Å². The first-order chi connectivity index (χ1) is 5.29. The zero-order valence-corrected chi connectivity index (χ0v) is 6.88. The molecular weight excluding hydrogens is 140 g/mol. The molecule has 1 saturated carbocycles. The number of carbonyl (C=O) groups excluding carboxylic acids is 1. The fraction of sp³-hybridized carbons (Fsp3) is 0.889. The molecule has 1 aliphatic heterocycles. The van der Waals surface area contributed by atoms with E-state index in [0.29, 0.717) is 18.4 Å². The second kappa shape index (κ2) is 2.50. The summed E-state index contributed by atoms with van der Waals surface area (Å²) in [5.41, 5.74) is 0. The molecule has 0 aromatic carbocycles. The molecule has 0 spiro atoms. The number of esters is 1. The van der Waals surface area contributed by atoms with E-state index < -0.39 is 0 Å². The van der Waals surface area contributed by atoms with Crippen molar-refractivity contribution in [2.45, 2.75) is 26.2 Å². The van der Waals surface area contributed by atoms with Gasteiger partial charge in [-0.15, -0.1) is 0 Å². The Labute approximate surface area is 66.9 Å². The third kappa shape index (κ3) is 1.05. The van der Waals surface area contributed by atoms with Gasteiger partial charge < -0.3 is 4.74 Å². The molecule has 1 aliphatic carbocycles. The minimum Gasteiger partial charge on any atom is -0.465 e. The lowest BCUT2D eigenvalue weighted by atomic mass is 9.87. The van der Waals surface area contributed by atoms with Gasteiger partial charge in [-0.1, -0.05) is 6.92 Å². The number of hydrogen-bond acceptors (Lipinski definition) is 2. The minimum absolute atomic E-state index is 0.0613. The molecule has 0 bridgehead atoms. The number of carbonyl (C=O) groups is 1. The molecule has 1 saturated heterocycles. The first-order valence-electron chi connectivity index (χ1n) is 4.45. The fourth-order valence-electron chi connectivity index (χ4n) is 2.46. The molecule has 0 radical (unpaired) electrons. The van der Waals surface area contributed by atoms with Gasteiger partial charge in [0.25, 0.3) is 0 Å². The molecule has 0 aromatic heterocycles. The van der Waals surface area contributed by atoms with Gasteiger partial charge >= 0.3 is 5.97 Å². The maximum absolute atomic E-state index is 11.3. The molecule has 0 amide bonds. The van der Waals surface area contributed by atoms with E-state index >= 15 is 0 Å². The maximum atomic E-state index is 11.3. The van der Waals surface area contributed by atoms with E-state index in [0.717, 1.165) is 6.42 Å². The lowest BCUT2D eigenvalue weighted by Gasteiger charge is -2.26. The molecule has 2 heteroatoms. The van der Waals surface area contributed by atoms with Crippen molar-refractivity contribution in [3.8, 4) is 0 Å². The van der Waals surface area contributed by atoms with Crippen LogP contribution in [0.2, 0.25) is 0 Å². The highest BCUT2D eigenvalue weighted by Crippen LogP contribution is 2.41. The first-order valence-corrected chi connectivity index (χ1v) is 4.45. The van der Waals surface area contributed by atoms with E-state index in [-0.39, 0.29) is 11.9 Å². The summed E-state index contributed by atoms with van der Waals surface area (Å²) in [6.07, 6.45) is 3.55. The predicted molar refractivity (Wildman–Crippen MR) is 41.0 cm³/mol. The highest BCUT2D eigenvalue weighted by molar-refractivity contribution is 5.74. The van der Waals surface area contributed by atoms with Crippen molar-refractivity contribution in [1.82, 2.24) is 0 Å². The maximum Gasteiger partial charge on any atom is 0.309 e. The molecule has 2 aliphatic rings. The minimum atomic E-state index is 0.0613. The smallest absolute Gasteiger partial charge is 0.309 e. The van der Waals surface area contributed by atoms with Crippen molar-refractivity contribution in [1.29, 1.82) is 0 Å². The average Bonchev–Trinajstić information content (AvgIpc) is 2.34. The Balaban J connectivity index is 2.14. The molecule has 62 valence electrons. The summed E-state index contributed by atoms with van der Waals surface area (Å²) in [5, 5.41) is 0. The van der Waals surface area contributed by atoms with Gasteiger partial charge in [0.05, 0.1) is 12.5 Å². The van der Waals surface area contributed by atoms with Gasteiger partial charge in [0, 0.05) is 0 Å². The zero-order valence-electron chi connectivity index (χ0n) is 6.88. The average molecular weight is 154 g/mol. The summed E-state index contributed by atoms with van der Waals surface area (Å²) in [6, 6.07) is 0.